The number of hydrogen-bond acceptors (Lipinski definition) is 5. The van der Waals surface area contributed by atoms with Crippen LogP contribution in [0, 0.1) is 6.92 Å². The van der Waals surface area contributed by atoms with Gasteiger partial charge >= 0.3 is 0 Å². The summed E-state index contributed by atoms with van der Waals surface area (Å²) in [7, 11) is 0. The Labute approximate surface area is 135 Å². The molecule has 0 aliphatic carbocycles. The molecule has 0 fully saturated rings. The van der Waals surface area contributed by atoms with Crippen molar-refractivity contribution < 1.29 is 4.79 Å². The van der Waals surface area contributed by atoms with E-state index in [1.54, 1.807) is 13.8 Å². The van der Waals surface area contributed by atoms with E-state index in [9.17, 15) is 4.79 Å². The molecule has 0 saturated heterocycles. The molecule has 1 aromatic carbocycles. The Balaban J connectivity index is 2.07. The van der Waals surface area contributed by atoms with E-state index in [0.717, 1.165) is 0 Å². The third kappa shape index (κ3) is 4.03. The van der Waals surface area contributed by atoms with Gasteiger partial charge in [-0.25, -0.2) is 4.98 Å². The molecule has 0 aliphatic rings. The molecule has 1 unspecified atom stereocenters. The van der Waals surface area contributed by atoms with Gasteiger partial charge in [0.2, 0.25) is 11.1 Å². The van der Waals surface area contributed by atoms with Crippen molar-refractivity contribution in [2.45, 2.75) is 24.3 Å². The summed E-state index contributed by atoms with van der Waals surface area (Å²) in [4.78, 5) is 16.3. The van der Waals surface area contributed by atoms with E-state index in [0.29, 0.717) is 32.4 Å². The predicted molar refractivity (Wildman–Crippen MR) is 85.9 cm³/mol. The molecule has 0 radical (unpaired) electrons. The standard InChI is InChI=1S/C12H13Cl2N5OS/c1-5(21-12-16-6(2)18-19-12)11(20)17-10-8(14)3-7(13)4-9(10)15/h3-5H,15H2,1-2H3,(H,17,20)(H,16,18,19). The molecule has 112 valence electrons. The lowest BCUT2D eigenvalue weighted by Gasteiger charge is -2.13. The van der Waals surface area contributed by atoms with Crippen molar-refractivity contribution >= 4 is 52.2 Å². The largest absolute Gasteiger partial charge is 0.397 e. The van der Waals surface area contributed by atoms with Gasteiger partial charge in [0, 0.05) is 5.02 Å². The third-order valence-electron chi connectivity index (χ3n) is 2.56. The average Bonchev–Trinajstić information content (AvgIpc) is 2.78. The van der Waals surface area contributed by atoms with Gasteiger partial charge < -0.3 is 11.1 Å². The predicted octanol–water partition coefficient (Wildman–Crippen LogP) is 3.12. The number of nitrogens with two attached hydrogens (primary N) is 1. The molecule has 0 saturated carbocycles. The molecule has 2 rings (SSSR count). The van der Waals surface area contributed by atoms with Gasteiger partial charge in [0.15, 0.2) is 0 Å². The van der Waals surface area contributed by atoms with E-state index in [1.807, 2.05) is 0 Å². The van der Waals surface area contributed by atoms with E-state index in [4.69, 9.17) is 28.9 Å². The summed E-state index contributed by atoms with van der Waals surface area (Å²) in [5.74, 6) is 0.438. The molecule has 4 N–H and O–H groups in total. The van der Waals surface area contributed by atoms with Crippen LogP contribution in [0.15, 0.2) is 17.3 Å². The van der Waals surface area contributed by atoms with E-state index >= 15 is 0 Å². The number of hydrogen-bond donors (Lipinski definition) is 3. The van der Waals surface area contributed by atoms with Gasteiger partial charge in [-0.2, -0.15) is 0 Å². The number of halogens is 2. The summed E-state index contributed by atoms with van der Waals surface area (Å²) in [6.07, 6.45) is 0. The zero-order chi connectivity index (χ0) is 15.6. The Hall–Kier alpha value is -1.44. The number of aryl methyl sites for hydroxylation is 1. The summed E-state index contributed by atoms with van der Waals surface area (Å²) in [6, 6.07) is 3.05. The van der Waals surface area contributed by atoms with Crippen molar-refractivity contribution in [3.05, 3.63) is 28.0 Å². The fourth-order valence-corrected chi connectivity index (χ4v) is 2.86. The highest BCUT2D eigenvalue weighted by atomic mass is 35.5. The monoisotopic (exact) mass is 345 g/mol. The maximum atomic E-state index is 12.2. The van der Waals surface area contributed by atoms with Gasteiger partial charge in [0.05, 0.1) is 21.6 Å². The molecule has 0 spiro atoms. The molecular formula is C12H13Cl2N5OS. The number of carbonyl (C=O) groups is 1. The number of H-pyrrole nitrogens is 1. The first kappa shape index (κ1) is 15.9. The Morgan fingerprint density at radius 2 is 2.19 bits per heavy atom. The minimum absolute atomic E-state index is 0.252. The Morgan fingerprint density at radius 3 is 2.76 bits per heavy atom. The number of nitrogen functional groups attached to an aromatic ring is 1. The van der Waals surface area contributed by atoms with Crippen molar-refractivity contribution in [3.63, 3.8) is 0 Å². The minimum Gasteiger partial charge on any atom is -0.397 e. The second-order valence-electron chi connectivity index (χ2n) is 4.30. The normalized spacial score (nSPS) is 12.2. The topological polar surface area (TPSA) is 96.7 Å². The number of anilines is 2. The highest BCUT2D eigenvalue weighted by Gasteiger charge is 2.19. The summed E-state index contributed by atoms with van der Waals surface area (Å²) < 4.78 is 0. The molecule has 1 aromatic heterocycles. The molecule has 0 aliphatic heterocycles. The van der Waals surface area contributed by atoms with Gasteiger partial charge in [-0.1, -0.05) is 35.0 Å². The van der Waals surface area contributed by atoms with Crippen molar-refractivity contribution in [2.24, 2.45) is 0 Å². The fourth-order valence-electron chi connectivity index (χ4n) is 1.54. The number of nitrogens with zero attached hydrogens (tertiary/aromatic N) is 2. The lowest BCUT2D eigenvalue weighted by Crippen LogP contribution is -2.23. The van der Waals surface area contributed by atoms with Crippen molar-refractivity contribution in [2.75, 3.05) is 11.1 Å². The molecule has 0 bridgehead atoms. The summed E-state index contributed by atoms with van der Waals surface area (Å²) in [5, 5.41) is 10.2. The molecule has 1 heterocycles. The zero-order valence-corrected chi connectivity index (χ0v) is 13.6. The van der Waals surface area contributed by atoms with Crippen LogP contribution in [0.1, 0.15) is 12.7 Å². The average molecular weight is 346 g/mol. The van der Waals surface area contributed by atoms with Crippen molar-refractivity contribution in [1.82, 2.24) is 15.2 Å². The second-order valence-corrected chi connectivity index (χ2v) is 6.46. The van der Waals surface area contributed by atoms with Crippen molar-refractivity contribution in [1.29, 1.82) is 0 Å². The third-order valence-corrected chi connectivity index (χ3v) is 4.04. The molecule has 9 heteroatoms. The number of benzene rings is 1. The first-order valence-electron chi connectivity index (χ1n) is 5.98. The fraction of sp³-hybridized carbons (Fsp3) is 0.250. The lowest BCUT2D eigenvalue weighted by molar-refractivity contribution is -0.115. The number of rotatable bonds is 4. The molecule has 6 nitrogen and oxygen atoms in total. The maximum absolute atomic E-state index is 12.2. The molecule has 1 atom stereocenters. The first-order valence-corrected chi connectivity index (χ1v) is 7.61. The number of aromatic nitrogens is 3. The maximum Gasteiger partial charge on any atom is 0.237 e. The Morgan fingerprint density at radius 1 is 1.48 bits per heavy atom. The smallest absolute Gasteiger partial charge is 0.237 e. The Kier molecular flexibility index (Phi) is 4.97. The Bertz CT molecular complexity index is 652. The van der Waals surface area contributed by atoms with Gasteiger partial charge in [-0.05, 0) is 26.0 Å². The number of nitrogens with one attached hydrogen (secondary N) is 2. The van der Waals surface area contributed by atoms with E-state index in [1.165, 1.54) is 23.9 Å². The highest BCUT2D eigenvalue weighted by molar-refractivity contribution is 8.00. The summed E-state index contributed by atoms with van der Waals surface area (Å²) >= 11 is 13.1. The number of thioether (sulfide) groups is 1. The van der Waals surface area contributed by atoms with Gasteiger partial charge in [0.1, 0.15) is 5.82 Å². The van der Waals surface area contributed by atoms with Crippen LogP contribution in [0.5, 0.6) is 0 Å². The quantitative estimate of drug-likeness (QED) is 0.584. The zero-order valence-electron chi connectivity index (χ0n) is 11.3. The highest BCUT2D eigenvalue weighted by Crippen LogP contribution is 2.32. The molecule has 2 aromatic rings. The summed E-state index contributed by atoms with van der Waals surface area (Å²) in [5.41, 5.74) is 6.47. The van der Waals surface area contributed by atoms with Crippen LogP contribution in [0.2, 0.25) is 10.0 Å². The first-order chi connectivity index (χ1) is 9.86. The van der Waals surface area contributed by atoms with E-state index < -0.39 is 5.25 Å². The number of carbonyl (C=O) groups excluding carboxylic acids is 1. The second kappa shape index (κ2) is 6.55. The summed E-state index contributed by atoms with van der Waals surface area (Å²) in [6.45, 7) is 3.53. The van der Waals surface area contributed by atoms with Crippen LogP contribution >= 0.6 is 35.0 Å². The van der Waals surface area contributed by atoms with Crippen molar-refractivity contribution in [3.8, 4) is 0 Å². The molecule has 1 amide bonds. The van der Waals surface area contributed by atoms with E-state index in [-0.39, 0.29) is 5.91 Å². The van der Waals surface area contributed by atoms with Gasteiger partial charge in [-0.3, -0.25) is 9.89 Å². The lowest BCUT2D eigenvalue weighted by atomic mass is 10.2. The SMILES string of the molecule is Cc1nc(SC(C)C(=O)Nc2c(N)cc(Cl)cc2Cl)n[nH]1. The van der Waals surface area contributed by atoms with Crippen LogP contribution in [-0.2, 0) is 4.79 Å². The van der Waals surface area contributed by atoms with Crippen LogP contribution in [0.25, 0.3) is 0 Å². The molecular weight excluding hydrogens is 333 g/mol. The van der Waals surface area contributed by atoms with Crippen LogP contribution in [0.4, 0.5) is 11.4 Å². The number of aromatic amines is 1. The van der Waals surface area contributed by atoms with Gasteiger partial charge in [-0.15, -0.1) is 5.10 Å². The minimum atomic E-state index is -0.411. The van der Waals surface area contributed by atoms with E-state index in [2.05, 4.69) is 20.5 Å². The van der Waals surface area contributed by atoms with Gasteiger partial charge in [0.25, 0.3) is 0 Å². The molecule has 21 heavy (non-hydrogen) atoms. The van der Waals surface area contributed by atoms with Crippen LogP contribution in [-0.4, -0.2) is 26.3 Å². The van der Waals surface area contributed by atoms with Crippen LogP contribution in [0.3, 0.4) is 0 Å². The van der Waals surface area contributed by atoms with Crippen LogP contribution < -0.4 is 11.1 Å². The number of amides is 1.